The number of nitrogens with one attached hydrogen (secondary N) is 3. The van der Waals surface area contributed by atoms with Gasteiger partial charge in [-0.15, -0.1) is 11.3 Å². The largest absolute Gasteiger partial charge is 0.344 e. The van der Waals surface area contributed by atoms with E-state index < -0.39 is 11.2 Å². The first-order chi connectivity index (χ1) is 10.6. The molecule has 4 rings (SSSR count). The molecule has 22 heavy (non-hydrogen) atoms. The summed E-state index contributed by atoms with van der Waals surface area (Å²) in [4.78, 5) is 42.2. The lowest BCUT2D eigenvalue weighted by atomic mass is 9.74. The van der Waals surface area contributed by atoms with Crippen LogP contribution in [0.25, 0.3) is 0 Å². The van der Waals surface area contributed by atoms with Gasteiger partial charge in [-0.2, -0.15) is 0 Å². The fraction of sp³-hybridized carbons (Fsp3) is 0.267. The Balaban J connectivity index is 2.02. The molecule has 2 aliphatic rings. The normalized spacial score (nSPS) is 23.3. The van der Waals surface area contributed by atoms with Crippen LogP contribution in [0.2, 0.25) is 0 Å². The minimum atomic E-state index is -0.553. The highest BCUT2D eigenvalue weighted by atomic mass is 32.1. The van der Waals surface area contributed by atoms with Gasteiger partial charge in [0.05, 0.1) is 11.5 Å². The fourth-order valence-electron chi connectivity index (χ4n) is 3.30. The molecule has 2 atom stereocenters. The summed E-state index contributed by atoms with van der Waals surface area (Å²) < 4.78 is 0. The van der Waals surface area contributed by atoms with Crippen LogP contribution < -0.4 is 16.6 Å². The number of ketones is 1. The van der Waals surface area contributed by atoms with Crippen LogP contribution in [0.15, 0.2) is 38.9 Å². The van der Waals surface area contributed by atoms with Crippen molar-refractivity contribution in [2.45, 2.75) is 18.8 Å². The molecular weight excluding hydrogens is 302 g/mol. The summed E-state index contributed by atoms with van der Waals surface area (Å²) >= 11 is 1.51. The molecule has 7 heteroatoms. The zero-order valence-electron chi connectivity index (χ0n) is 11.5. The number of rotatable bonds is 1. The van der Waals surface area contributed by atoms with Crippen LogP contribution in [-0.4, -0.2) is 15.8 Å². The minimum Gasteiger partial charge on any atom is -0.344 e. The van der Waals surface area contributed by atoms with Crippen LogP contribution in [0.3, 0.4) is 0 Å². The van der Waals surface area contributed by atoms with E-state index >= 15 is 0 Å². The van der Waals surface area contributed by atoms with E-state index in [0.29, 0.717) is 24.2 Å². The molecule has 2 aromatic rings. The van der Waals surface area contributed by atoms with Crippen molar-refractivity contribution in [3.63, 3.8) is 0 Å². The molecule has 0 spiro atoms. The van der Waals surface area contributed by atoms with Crippen molar-refractivity contribution in [2.24, 2.45) is 5.92 Å². The monoisotopic (exact) mass is 315 g/mol. The van der Waals surface area contributed by atoms with Gasteiger partial charge in [-0.1, -0.05) is 12.1 Å². The van der Waals surface area contributed by atoms with Gasteiger partial charge in [0, 0.05) is 22.9 Å². The summed E-state index contributed by atoms with van der Waals surface area (Å²) in [6, 6.07) is 3.83. The van der Waals surface area contributed by atoms with Crippen LogP contribution in [0.4, 0.5) is 5.82 Å². The number of aromatic nitrogens is 2. The average molecular weight is 315 g/mol. The van der Waals surface area contributed by atoms with Gasteiger partial charge in [0.2, 0.25) is 0 Å². The number of carbonyl (C=O) groups excluding carboxylic acids is 1. The first-order valence-electron chi connectivity index (χ1n) is 7.05. The number of anilines is 1. The number of Topliss-reactive ketones (excluding diaryl/α,β-unsaturated/α-hetero) is 1. The molecule has 0 aromatic carbocycles. The lowest BCUT2D eigenvalue weighted by Crippen LogP contribution is -2.40. The number of thiophene rings is 1. The third-order valence-corrected chi connectivity index (χ3v) is 5.14. The molecule has 0 saturated heterocycles. The van der Waals surface area contributed by atoms with E-state index in [1.807, 2.05) is 23.6 Å². The molecule has 0 unspecified atom stereocenters. The van der Waals surface area contributed by atoms with Crippen LogP contribution in [0, 0.1) is 5.92 Å². The molecule has 0 amide bonds. The van der Waals surface area contributed by atoms with Crippen LogP contribution in [-0.2, 0) is 4.79 Å². The van der Waals surface area contributed by atoms with E-state index in [9.17, 15) is 14.4 Å². The Hall–Kier alpha value is -2.41. The van der Waals surface area contributed by atoms with Crippen LogP contribution in [0.1, 0.15) is 29.2 Å². The van der Waals surface area contributed by atoms with Crippen molar-refractivity contribution < 1.29 is 4.79 Å². The molecule has 0 bridgehead atoms. The standard InChI is InChI=1S/C15H13N3O3S/c19-8-4-1-3-7-10(8)11(9-5-2-6-22-9)12-13(16-7)17-15(21)18-14(12)20/h2-3,5-6,10-11H,1,4H2,(H3,16,17,18,20,21)/t10-,11-/m1/s1. The van der Waals surface area contributed by atoms with Gasteiger partial charge < -0.3 is 5.32 Å². The van der Waals surface area contributed by atoms with E-state index in [1.54, 1.807) is 0 Å². The van der Waals surface area contributed by atoms with Crippen molar-refractivity contribution in [3.8, 4) is 0 Å². The van der Waals surface area contributed by atoms with Crippen molar-refractivity contribution in [2.75, 3.05) is 5.32 Å². The topological polar surface area (TPSA) is 94.8 Å². The van der Waals surface area contributed by atoms with E-state index in [0.717, 1.165) is 10.6 Å². The number of carbonyl (C=O) groups is 1. The second-order valence-corrected chi connectivity index (χ2v) is 6.44. The molecule has 0 fully saturated rings. The molecule has 112 valence electrons. The van der Waals surface area contributed by atoms with E-state index in [-0.39, 0.29) is 17.6 Å². The SMILES string of the molecule is O=C1CCC=C2Nc3[nH]c(=O)[nH]c(=O)c3[C@H](c3cccs3)[C@@H]12. The summed E-state index contributed by atoms with van der Waals surface area (Å²) in [5.74, 6) is -0.216. The Morgan fingerprint density at radius 2 is 2.00 bits per heavy atom. The lowest BCUT2D eigenvalue weighted by Gasteiger charge is -2.35. The van der Waals surface area contributed by atoms with E-state index in [2.05, 4.69) is 15.3 Å². The Bertz CT molecular complexity index is 891. The zero-order chi connectivity index (χ0) is 15.3. The summed E-state index contributed by atoms with van der Waals surface area (Å²) in [5, 5.41) is 5.00. The smallest absolute Gasteiger partial charge is 0.327 e. The van der Waals surface area contributed by atoms with Crippen molar-refractivity contribution >= 4 is 22.9 Å². The summed E-state index contributed by atoms with van der Waals surface area (Å²) in [5.41, 5.74) is 0.215. The van der Waals surface area contributed by atoms with Gasteiger partial charge in [-0.3, -0.25) is 19.6 Å². The van der Waals surface area contributed by atoms with Gasteiger partial charge >= 0.3 is 5.69 Å². The Labute approximate surface area is 128 Å². The highest BCUT2D eigenvalue weighted by molar-refractivity contribution is 7.10. The molecular formula is C15H13N3O3S. The number of aromatic amines is 2. The number of allylic oxidation sites excluding steroid dienone is 2. The third kappa shape index (κ3) is 1.89. The van der Waals surface area contributed by atoms with Crippen LogP contribution >= 0.6 is 11.3 Å². The molecule has 0 radical (unpaired) electrons. The number of hydrogen-bond donors (Lipinski definition) is 3. The molecule has 2 aromatic heterocycles. The summed E-state index contributed by atoms with van der Waals surface area (Å²) in [7, 11) is 0. The van der Waals surface area contributed by atoms with Gasteiger partial charge in [-0.05, 0) is 17.9 Å². The average Bonchev–Trinajstić information content (AvgIpc) is 2.99. The summed E-state index contributed by atoms with van der Waals surface area (Å²) in [6.07, 6.45) is 3.14. The fourth-order valence-corrected chi connectivity index (χ4v) is 4.17. The van der Waals surface area contributed by atoms with E-state index in [1.165, 1.54) is 11.3 Å². The molecule has 3 N–H and O–H groups in total. The molecule has 3 heterocycles. The van der Waals surface area contributed by atoms with Gasteiger partial charge in [-0.25, -0.2) is 4.79 Å². The van der Waals surface area contributed by atoms with Gasteiger partial charge in [0.25, 0.3) is 5.56 Å². The number of H-pyrrole nitrogens is 2. The maximum Gasteiger partial charge on any atom is 0.327 e. The maximum atomic E-state index is 12.5. The molecule has 1 aliphatic carbocycles. The summed E-state index contributed by atoms with van der Waals surface area (Å²) in [6.45, 7) is 0. The Morgan fingerprint density at radius 3 is 2.77 bits per heavy atom. The number of fused-ring (bicyclic) bond motifs is 2. The van der Waals surface area contributed by atoms with Crippen molar-refractivity contribution in [1.29, 1.82) is 0 Å². The van der Waals surface area contributed by atoms with Gasteiger partial charge in [0.15, 0.2) is 0 Å². The highest BCUT2D eigenvalue weighted by Gasteiger charge is 2.42. The molecule has 0 saturated carbocycles. The van der Waals surface area contributed by atoms with Gasteiger partial charge in [0.1, 0.15) is 11.6 Å². The van der Waals surface area contributed by atoms with Crippen LogP contribution in [0.5, 0.6) is 0 Å². The Morgan fingerprint density at radius 1 is 1.14 bits per heavy atom. The van der Waals surface area contributed by atoms with E-state index in [4.69, 9.17) is 0 Å². The maximum absolute atomic E-state index is 12.5. The predicted octanol–water partition coefficient (Wildman–Crippen LogP) is 1.55. The molecule has 6 nitrogen and oxygen atoms in total. The zero-order valence-corrected chi connectivity index (χ0v) is 12.3. The molecule has 1 aliphatic heterocycles. The van der Waals surface area contributed by atoms with Crippen molar-refractivity contribution in [1.82, 2.24) is 9.97 Å². The predicted molar refractivity (Wildman–Crippen MR) is 83.3 cm³/mol. The Kier molecular flexibility index (Phi) is 2.90. The quantitative estimate of drug-likeness (QED) is 0.744. The second kappa shape index (κ2) is 4.81. The third-order valence-electron chi connectivity index (χ3n) is 4.18. The first kappa shape index (κ1) is 13.3. The minimum absolute atomic E-state index is 0.125. The first-order valence-corrected chi connectivity index (χ1v) is 7.93. The highest BCUT2D eigenvalue weighted by Crippen LogP contribution is 2.45. The lowest BCUT2D eigenvalue weighted by molar-refractivity contribution is -0.122. The second-order valence-electron chi connectivity index (χ2n) is 5.46. The van der Waals surface area contributed by atoms with Crippen molar-refractivity contribution in [3.05, 3.63) is 60.6 Å². The number of hydrogen-bond acceptors (Lipinski definition) is 5.